The molecule has 1 atom stereocenters. The number of benzene rings is 2. The van der Waals surface area contributed by atoms with Crippen LogP contribution in [0.25, 0.3) is 0 Å². The van der Waals surface area contributed by atoms with Crippen LogP contribution in [0.15, 0.2) is 47.4 Å². The second-order valence-corrected chi connectivity index (χ2v) is 7.61. The number of ether oxygens (including phenoxy) is 2. The van der Waals surface area contributed by atoms with Crippen LogP contribution >= 0.6 is 23.2 Å². The maximum atomic E-state index is 12.4. The minimum absolute atomic E-state index is 0.0621. The molecule has 130 valence electrons. The fourth-order valence-electron chi connectivity index (χ4n) is 1.94. The van der Waals surface area contributed by atoms with Crippen molar-refractivity contribution in [2.45, 2.75) is 17.9 Å². The molecule has 0 aliphatic heterocycles. The zero-order chi connectivity index (χ0) is 17.7. The normalized spacial score (nSPS) is 12.7. The van der Waals surface area contributed by atoms with Crippen LogP contribution in [0.3, 0.4) is 0 Å². The minimum Gasteiger partial charge on any atom is -0.497 e. The van der Waals surface area contributed by atoms with Crippen molar-refractivity contribution in [3.8, 4) is 11.5 Å². The van der Waals surface area contributed by atoms with Crippen LogP contribution in [-0.4, -0.2) is 28.2 Å². The number of hydrogen-bond acceptors (Lipinski definition) is 4. The van der Waals surface area contributed by atoms with Gasteiger partial charge in [-0.25, -0.2) is 13.1 Å². The lowest BCUT2D eigenvalue weighted by molar-refractivity contribution is 0.287. The molecular weight excluding hydrogens is 373 g/mol. The zero-order valence-corrected chi connectivity index (χ0v) is 15.5. The van der Waals surface area contributed by atoms with E-state index >= 15 is 0 Å². The van der Waals surface area contributed by atoms with Crippen molar-refractivity contribution in [3.05, 3.63) is 52.5 Å². The van der Waals surface area contributed by atoms with Gasteiger partial charge in [0.25, 0.3) is 0 Å². The first-order valence-corrected chi connectivity index (χ1v) is 9.30. The largest absolute Gasteiger partial charge is 0.497 e. The molecule has 0 aliphatic carbocycles. The summed E-state index contributed by atoms with van der Waals surface area (Å²) in [6.07, 6.45) is 0. The highest BCUT2D eigenvalue weighted by Crippen LogP contribution is 2.25. The molecule has 2 rings (SSSR count). The summed E-state index contributed by atoms with van der Waals surface area (Å²) in [5.41, 5.74) is 0. The van der Waals surface area contributed by atoms with Crippen molar-refractivity contribution in [1.29, 1.82) is 0 Å². The summed E-state index contributed by atoms with van der Waals surface area (Å²) in [6.45, 7) is 1.85. The molecule has 0 aliphatic rings. The van der Waals surface area contributed by atoms with Gasteiger partial charge in [-0.15, -0.1) is 0 Å². The molecule has 0 saturated heterocycles. The average Bonchev–Trinajstić information content (AvgIpc) is 2.55. The Labute approximate surface area is 151 Å². The number of rotatable bonds is 7. The molecule has 0 bridgehead atoms. The van der Waals surface area contributed by atoms with E-state index in [4.69, 9.17) is 32.7 Å². The summed E-state index contributed by atoms with van der Waals surface area (Å²) in [6, 6.07) is 10.8. The highest BCUT2D eigenvalue weighted by Gasteiger charge is 2.21. The van der Waals surface area contributed by atoms with Gasteiger partial charge in [-0.1, -0.05) is 23.2 Å². The number of methoxy groups -OCH3 is 1. The fourth-order valence-corrected chi connectivity index (χ4v) is 3.93. The third-order valence-electron chi connectivity index (χ3n) is 3.10. The van der Waals surface area contributed by atoms with Crippen molar-refractivity contribution in [3.63, 3.8) is 0 Å². The van der Waals surface area contributed by atoms with Gasteiger partial charge < -0.3 is 9.47 Å². The summed E-state index contributed by atoms with van der Waals surface area (Å²) < 4.78 is 37.9. The van der Waals surface area contributed by atoms with E-state index in [0.717, 1.165) is 0 Å². The van der Waals surface area contributed by atoms with E-state index in [2.05, 4.69) is 4.72 Å². The first-order valence-electron chi connectivity index (χ1n) is 7.06. The van der Waals surface area contributed by atoms with E-state index in [0.29, 0.717) is 16.5 Å². The predicted molar refractivity (Wildman–Crippen MR) is 94.7 cm³/mol. The lowest BCUT2D eigenvalue weighted by Crippen LogP contribution is -2.36. The van der Waals surface area contributed by atoms with Gasteiger partial charge in [0.2, 0.25) is 10.0 Å². The Kier molecular flexibility index (Phi) is 6.34. The molecule has 0 heterocycles. The van der Waals surface area contributed by atoms with Crippen LogP contribution in [0, 0.1) is 0 Å². The summed E-state index contributed by atoms with van der Waals surface area (Å²) in [5.74, 6) is 1.33. The standard InChI is InChI=1S/C16H17Cl2NO4S/c1-11(10-23-14-6-4-13(22-2)5-7-14)19-24(20,21)16-9-12(17)3-8-15(16)18/h3-9,11,19H,10H2,1-2H3/t11-/m0/s1. The molecular formula is C16H17Cl2NO4S. The van der Waals surface area contributed by atoms with E-state index in [-0.39, 0.29) is 16.5 Å². The molecule has 0 fully saturated rings. The van der Waals surface area contributed by atoms with Gasteiger partial charge in [0.05, 0.1) is 18.2 Å². The Morgan fingerprint density at radius 3 is 2.33 bits per heavy atom. The second kappa shape index (κ2) is 8.07. The van der Waals surface area contributed by atoms with Crippen LogP contribution in [-0.2, 0) is 10.0 Å². The quantitative estimate of drug-likeness (QED) is 0.782. The van der Waals surface area contributed by atoms with Crippen molar-refractivity contribution < 1.29 is 17.9 Å². The average molecular weight is 390 g/mol. The van der Waals surface area contributed by atoms with Crippen molar-refractivity contribution >= 4 is 33.2 Å². The second-order valence-electron chi connectivity index (χ2n) is 5.08. The van der Waals surface area contributed by atoms with Gasteiger partial charge >= 0.3 is 0 Å². The van der Waals surface area contributed by atoms with Crippen LogP contribution in [0.4, 0.5) is 0 Å². The van der Waals surface area contributed by atoms with Gasteiger partial charge in [-0.2, -0.15) is 0 Å². The van der Waals surface area contributed by atoms with Gasteiger partial charge in [0.1, 0.15) is 23.0 Å². The maximum Gasteiger partial charge on any atom is 0.242 e. The third-order valence-corrected chi connectivity index (χ3v) is 5.40. The summed E-state index contributed by atoms with van der Waals surface area (Å²) >= 11 is 11.8. The molecule has 2 aromatic carbocycles. The van der Waals surface area contributed by atoms with Crippen molar-refractivity contribution in [1.82, 2.24) is 4.72 Å². The summed E-state index contributed by atoms with van der Waals surface area (Å²) in [4.78, 5) is -0.0621. The topological polar surface area (TPSA) is 64.6 Å². The van der Waals surface area contributed by atoms with Gasteiger partial charge in [-0.3, -0.25) is 0 Å². The van der Waals surface area contributed by atoms with Crippen LogP contribution < -0.4 is 14.2 Å². The molecule has 2 aromatic rings. The Hall–Kier alpha value is -1.47. The Balaban J connectivity index is 2.00. The van der Waals surface area contributed by atoms with E-state index < -0.39 is 16.1 Å². The smallest absolute Gasteiger partial charge is 0.242 e. The molecule has 8 heteroatoms. The Morgan fingerprint density at radius 2 is 1.71 bits per heavy atom. The van der Waals surface area contributed by atoms with Crippen molar-refractivity contribution in [2.24, 2.45) is 0 Å². The molecule has 5 nitrogen and oxygen atoms in total. The van der Waals surface area contributed by atoms with E-state index in [9.17, 15) is 8.42 Å². The lowest BCUT2D eigenvalue weighted by atomic mass is 10.3. The van der Waals surface area contributed by atoms with Gasteiger partial charge in [0.15, 0.2) is 0 Å². The van der Waals surface area contributed by atoms with Crippen LogP contribution in [0.2, 0.25) is 10.0 Å². The zero-order valence-electron chi connectivity index (χ0n) is 13.1. The first kappa shape index (κ1) is 18.9. The molecule has 0 saturated carbocycles. The van der Waals surface area contributed by atoms with Crippen molar-refractivity contribution in [2.75, 3.05) is 13.7 Å². The number of hydrogen-bond donors (Lipinski definition) is 1. The highest BCUT2D eigenvalue weighted by atomic mass is 35.5. The van der Waals surface area contributed by atoms with Gasteiger partial charge in [0, 0.05) is 5.02 Å². The number of sulfonamides is 1. The monoisotopic (exact) mass is 389 g/mol. The molecule has 1 N–H and O–H groups in total. The van der Waals surface area contributed by atoms with E-state index in [1.807, 2.05) is 0 Å². The minimum atomic E-state index is -3.79. The number of halogens is 2. The predicted octanol–water partition coefficient (Wildman–Crippen LogP) is 3.75. The van der Waals surface area contributed by atoms with E-state index in [1.165, 1.54) is 18.2 Å². The summed E-state index contributed by atoms with van der Waals surface area (Å²) in [5, 5.41) is 0.400. The van der Waals surface area contributed by atoms with Crippen LogP contribution in [0.5, 0.6) is 11.5 Å². The number of nitrogens with one attached hydrogen (secondary N) is 1. The van der Waals surface area contributed by atoms with E-state index in [1.54, 1.807) is 38.3 Å². The Morgan fingerprint density at radius 1 is 1.08 bits per heavy atom. The molecule has 0 aromatic heterocycles. The fraction of sp³-hybridized carbons (Fsp3) is 0.250. The lowest BCUT2D eigenvalue weighted by Gasteiger charge is -2.16. The highest BCUT2D eigenvalue weighted by molar-refractivity contribution is 7.89. The molecule has 0 spiro atoms. The summed E-state index contributed by atoms with van der Waals surface area (Å²) in [7, 11) is -2.22. The maximum absolute atomic E-state index is 12.4. The Bertz CT molecular complexity index is 794. The SMILES string of the molecule is COc1ccc(OC[C@H](C)NS(=O)(=O)c2cc(Cl)ccc2Cl)cc1. The molecule has 24 heavy (non-hydrogen) atoms. The molecule has 0 unspecified atom stereocenters. The molecule has 0 radical (unpaired) electrons. The first-order chi connectivity index (χ1) is 11.3. The van der Waals surface area contributed by atoms with Crippen LogP contribution in [0.1, 0.15) is 6.92 Å². The molecule has 0 amide bonds. The third kappa shape index (κ3) is 5.01. The van der Waals surface area contributed by atoms with Gasteiger partial charge in [-0.05, 0) is 49.4 Å².